The van der Waals surface area contributed by atoms with Gasteiger partial charge in [-0.15, -0.1) is 0 Å². The monoisotopic (exact) mass is 261 g/mol. The van der Waals surface area contributed by atoms with Crippen molar-refractivity contribution >= 4 is 5.95 Å². The van der Waals surface area contributed by atoms with Crippen molar-refractivity contribution in [1.82, 2.24) is 15.0 Å². The lowest BCUT2D eigenvalue weighted by Crippen LogP contribution is -2.21. The smallest absolute Gasteiger partial charge is 0.265 e. The molecule has 0 atom stereocenters. The Morgan fingerprint density at radius 3 is 2.89 bits per heavy atom. The van der Waals surface area contributed by atoms with Gasteiger partial charge in [0.15, 0.2) is 5.03 Å². The number of hydrazine groups is 1. The molecule has 0 bridgehead atoms. The summed E-state index contributed by atoms with van der Waals surface area (Å²) >= 11 is 0. The van der Waals surface area contributed by atoms with E-state index in [0.29, 0.717) is 17.7 Å². The van der Waals surface area contributed by atoms with Crippen LogP contribution in [0, 0.1) is 17.0 Å². The molecular weight excluding hydrogens is 250 g/mol. The summed E-state index contributed by atoms with van der Waals surface area (Å²) in [5, 5.41) is 9.51. The van der Waals surface area contributed by atoms with E-state index in [9.17, 15) is 14.9 Å². The quantitative estimate of drug-likeness (QED) is 0.617. The van der Waals surface area contributed by atoms with Crippen molar-refractivity contribution in [2.75, 3.05) is 5.43 Å². The number of hydrogen-bond acceptors (Lipinski definition) is 5. The van der Waals surface area contributed by atoms with Gasteiger partial charge in [0.05, 0.1) is 5.69 Å². The SMILES string of the molecule is Cc1nc(N[N+](=O)[O-])[nH]c(=O)c1Cc1cccnc1. The summed E-state index contributed by atoms with van der Waals surface area (Å²) in [6.45, 7) is 1.63. The lowest BCUT2D eigenvalue weighted by molar-refractivity contribution is -0.446. The third kappa shape index (κ3) is 3.12. The average Bonchev–Trinajstić information content (AvgIpc) is 2.34. The van der Waals surface area contributed by atoms with E-state index < -0.39 is 10.6 Å². The topological polar surface area (TPSA) is 114 Å². The Bertz CT molecular complexity index is 653. The van der Waals surface area contributed by atoms with Crippen molar-refractivity contribution in [3.63, 3.8) is 0 Å². The van der Waals surface area contributed by atoms with Crippen LogP contribution in [0.5, 0.6) is 0 Å². The number of aromatic amines is 1. The summed E-state index contributed by atoms with van der Waals surface area (Å²) in [4.78, 5) is 32.4. The van der Waals surface area contributed by atoms with E-state index in [1.807, 2.05) is 11.5 Å². The van der Waals surface area contributed by atoms with E-state index in [2.05, 4.69) is 15.0 Å². The number of aromatic nitrogens is 3. The van der Waals surface area contributed by atoms with Gasteiger partial charge >= 0.3 is 0 Å². The average molecular weight is 261 g/mol. The van der Waals surface area contributed by atoms with Gasteiger partial charge in [-0.25, -0.2) is 15.1 Å². The normalized spacial score (nSPS) is 10.2. The molecule has 8 nitrogen and oxygen atoms in total. The number of hydrogen-bond donors (Lipinski definition) is 2. The Morgan fingerprint density at radius 1 is 1.53 bits per heavy atom. The molecule has 19 heavy (non-hydrogen) atoms. The van der Waals surface area contributed by atoms with Crippen molar-refractivity contribution in [3.05, 3.63) is 61.8 Å². The molecule has 0 spiro atoms. The Balaban J connectivity index is 2.32. The highest BCUT2D eigenvalue weighted by Gasteiger charge is 2.11. The molecule has 0 radical (unpaired) electrons. The third-order valence-electron chi connectivity index (χ3n) is 2.52. The number of anilines is 1. The first-order valence-corrected chi connectivity index (χ1v) is 5.46. The molecule has 0 aliphatic rings. The minimum absolute atomic E-state index is 0.178. The number of H-pyrrole nitrogens is 1. The molecule has 0 saturated heterocycles. The van der Waals surface area contributed by atoms with Gasteiger partial charge in [0.2, 0.25) is 0 Å². The summed E-state index contributed by atoms with van der Waals surface area (Å²) in [7, 11) is 0. The minimum atomic E-state index is -0.779. The highest BCUT2D eigenvalue weighted by Crippen LogP contribution is 2.08. The summed E-state index contributed by atoms with van der Waals surface area (Å²) in [5.41, 5.74) is 3.19. The number of nitrogens with zero attached hydrogens (tertiary/aromatic N) is 3. The van der Waals surface area contributed by atoms with Crippen molar-refractivity contribution in [3.8, 4) is 0 Å². The van der Waals surface area contributed by atoms with Gasteiger partial charge in [0, 0.05) is 24.4 Å². The van der Waals surface area contributed by atoms with Gasteiger partial charge < -0.3 is 0 Å². The van der Waals surface area contributed by atoms with Crippen LogP contribution in [0.1, 0.15) is 16.8 Å². The molecule has 0 aromatic carbocycles. The number of aryl methyl sites for hydroxylation is 1. The zero-order chi connectivity index (χ0) is 13.8. The van der Waals surface area contributed by atoms with Gasteiger partial charge in [-0.3, -0.25) is 14.8 Å². The van der Waals surface area contributed by atoms with Crippen molar-refractivity contribution in [2.24, 2.45) is 0 Å². The fourth-order valence-corrected chi connectivity index (χ4v) is 1.66. The van der Waals surface area contributed by atoms with Gasteiger partial charge in [-0.1, -0.05) is 11.5 Å². The molecule has 0 aliphatic heterocycles. The van der Waals surface area contributed by atoms with Crippen LogP contribution in [-0.2, 0) is 6.42 Å². The second kappa shape index (κ2) is 5.25. The van der Waals surface area contributed by atoms with E-state index in [4.69, 9.17) is 0 Å². The molecule has 0 saturated carbocycles. The standard InChI is InChI=1S/C11H11N5O3/c1-7-9(5-8-3-2-4-12-6-8)10(17)14-11(13-7)15-16(18)19/h2-4,6H,5H2,1H3,(H2,13,14,15,17). The van der Waals surface area contributed by atoms with Gasteiger partial charge in [-0.05, 0) is 18.6 Å². The van der Waals surface area contributed by atoms with E-state index >= 15 is 0 Å². The largest absolute Gasteiger partial charge is 0.288 e. The van der Waals surface area contributed by atoms with Crippen molar-refractivity contribution < 1.29 is 5.03 Å². The van der Waals surface area contributed by atoms with Crippen LogP contribution in [0.15, 0.2) is 29.3 Å². The molecule has 2 rings (SSSR count). The molecular formula is C11H11N5O3. The minimum Gasteiger partial charge on any atom is -0.288 e. The van der Waals surface area contributed by atoms with E-state index in [0.717, 1.165) is 5.56 Å². The lowest BCUT2D eigenvalue weighted by Gasteiger charge is -2.05. The zero-order valence-corrected chi connectivity index (χ0v) is 10.1. The molecule has 2 N–H and O–H groups in total. The lowest BCUT2D eigenvalue weighted by atomic mass is 10.1. The van der Waals surface area contributed by atoms with Crippen LogP contribution in [0.3, 0.4) is 0 Å². The van der Waals surface area contributed by atoms with Crippen molar-refractivity contribution in [1.29, 1.82) is 0 Å². The maximum Gasteiger partial charge on any atom is 0.265 e. The predicted molar refractivity (Wildman–Crippen MR) is 67.3 cm³/mol. The third-order valence-corrected chi connectivity index (χ3v) is 2.52. The highest BCUT2D eigenvalue weighted by atomic mass is 16.7. The number of rotatable bonds is 4. The van der Waals surface area contributed by atoms with Crippen molar-refractivity contribution in [2.45, 2.75) is 13.3 Å². The summed E-state index contributed by atoms with van der Waals surface area (Å²) in [5.74, 6) is -0.178. The number of nitrogens with one attached hydrogen (secondary N) is 2. The fraction of sp³-hybridized carbons (Fsp3) is 0.182. The van der Waals surface area contributed by atoms with Gasteiger partial charge in [-0.2, -0.15) is 0 Å². The van der Waals surface area contributed by atoms with E-state index in [1.165, 1.54) is 0 Å². The highest BCUT2D eigenvalue weighted by molar-refractivity contribution is 5.30. The maximum absolute atomic E-state index is 11.9. The van der Waals surface area contributed by atoms with Crippen LogP contribution in [0.25, 0.3) is 0 Å². The van der Waals surface area contributed by atoms with Gasteiger partial charge in [0.1, 0.15) is 0 Å². The van der Waals surface area contributed by atoms with Crippen LogP contribution in [-0.4, -0.2) is 20.0 Å². The maximum atomic E-state index is 11.9. The number of pyridine rings is 1. The summed E-state index contributed by atoms with van der Waals surface area (Å²) in [6, 6.07) is 3.62. The predicted octanol–water partition coefficient (Wildman–Crippen LogP) is 0.668. The van der Waals surface area contributed by atoms with E-state index in [1.54, 1.807) is 25.4 Å². The van der Waals surface area contributed by atoms with Gasteiger partial charge in [0.25, 0.3) is 11.5 Å². The van der Waals surface area contributed by atoms with E-state index in [-0.39, 0.29) is 5.95 Å². The Morgan fingerprint density at radius 2 is 2.32 bits per heavy atom. The molecule has 2 aromatic heterocycles. The van der Waals surface area contributed by atoms with Crippen LogP contribution in [0.4, 0.5) is 5.95 Å². The molecule has 8 heteroatoms. The number of nitro groups is 1. The molecule has 2 heterocycles. The first-order valence-electron chi connectivity index (χ1n) is 5.46. The zero-order valence-electron chi connectivity index (χ0n) is 10.1. The first-order chi connectivity index (χ1) is 9.06. The molecule has 0 fully saturated rings. The molecule has 0 unspecified atom stereocenters. The molecule has 0 aliphatic carbocycles. The summed E-state index contributed by atoms with van der Waals surface area (Å²) < 4.78 is 0. The fourth-order valence-electron chi connectivity index (χ4n) is 1.66. The molecule has 98 valence electrons. The van der Waals surface area contributed by atoms with Crippen LogP contribution < -0.4 is 11.0 Å². The van der Waals surface area contributed by atoms with Crippen LogP contribution >= 0.6 is 0 Å². The molecule has 0 amide bonds. The second-order valence-corrected chi connectivity index (χ2v) is 3.89. The Hall–Kier alpha value is -2.77. The first kappa shape index (κ1) is 12.7. The Labute approximate surface area is 107 Å². The Kier molecular flexibility index (Phi) is 3.51. The summed E-state index contributed by atoms with van der Waals surface area (Å²) in [6.07, 6.45) is 3.67. The second-order valence-electron chi connectivity index (χ2n) is 3.89. The van der Waals surface area contributed by atoms with Crippen LogP contribution in [0.2, 0.25) is 0 Å². The molecule has 2 aromatic rings.